The van der Waals surface area contributed by atoms with Gasteiger partial charge in [-0.15, -0.1) is 5.10 Å². The van der Waals surface area contributed by atoms with Crippen LogP contribution < -0.4 is 4.74 Å². The molecule has 6 rings (SSSR count). The number of benzene rings is 1. The topological polar surface area (TPSA) is 149 Å². The summed E-state index contributed by atoms with van der Waals surface area (Å²) < 4.78 is 24.7. The van der Waals surface area contributed by atoms with Gasteiger partial charge in [-0.3, -0.25) is 9.48 Å². The van der Waals surface area contributed by atoms with Crippen LogP contribution in [0.2, 0.25) is 0 Å². The molecule has 0 N–H and O–H groups in total. The van der Waals surface area contributed by atoms with Gasteiger partial charge in [-0.05, 0) is 58.2 Å². The predicted molar refractivity (Wildman–Crippen MR) is 146 cm³/mol. The van der Waals surface area contributed by atoms with Crippen molar-refractivity contribution in [3.8, 4) is 23.1 Å². The summed E-state index contributed by atoms with van der Waals surface area (Å²) in [6.45, 7) is 7.19. The summed E-state index contributed by atoms with van der Waals surface area (Å²) in [4.78, 5) is 35.0. The van der Waals surface area contributed by atoms with Crippen LogP contribution in [0.5, 0.6) is 5.75 Å². The highest BCUT2D eigenvalue weighted by Gasteiger charge is 2.47. The Morgan fingerprint density at radius 2 is 2.02 bits per heavy atom. The van der Waals surface area contributed by atoms with Gasteiger partial charge < -0.3 is 28.4 Å². The molecule has 3 aliphatic rings. The van der Waals surface area contributed by atoms with E-state index in [0.717, 1.165) is 12.8 Å². The number of likely N-dealkylation sites (tertiary alicyclic amines) is 1. The van der Waals surface area contributed by atoms with Crippen molar-refractivity contribution in [1.82, 2.24) is 29.8 Å². The Morgan fingerprint density at radius 3 is 2.67 bits per heavy atom. The zero-order valence-electron chi connectivity index (χ0n) is 23.8. The second-order valence-corrected chi connectivity index (χ2v) is 11.9. The maximum absolute atomic E-state index is 13.9. The minimum absolute atomic E-state index is 0.0304. The molecule has 0 radical (unpaired) electrons. The minimum Gasteiger partial charge on any atom is -0.485 e. The van der Waals surface area contributed by atoms with Gasteiger partial charge in [-0.25, -0.2) is 9.78 Å². The molecule has 2 atom stereocenters. The molecule has 1 saturated carbocycles. The van der Waals surface area contributed by atoms with Crippen molar-refractivity contribution < 1.29 is 28.2 Å². The predicted octanol–water partition coefficient (Wildman–Crippen LogP) is 3.27. The molecule has 2 amide bonds. The van der Waals surface area contributed by atoms with Crippen LogP contribution in [0.15, 0.2) is 41.2 Å². The van der Waals surface area contributed by atoms with Crippen molar-refractivity contribution in [2.24, 2.45) is 0 Å². The third kappa shape index (κ3) is 5.94. The Bertz CT molecular complexity index is 1480. The normalized spacial score (nSPS) is 20.6. The van der Waals surface area contributed by atoms with Crippen molar-refractivity contribution >= 4 is 12.0 Å². The van der Waals surface area contributed by atoms with Crippen LogP contribution in [-0.2, 0) is 16.0 Å². The molecular weight excluding hydrogens is 542 g/mol. The number of carbonyl (C=O) groups is 2. The molecule has 1 aromatic carbocycles. The van der Waals surface area contributed by atoms with Crippen LogP contribution in [0.4, 0.5) is 4.79 Å². The summed E-state index contributed by atoms with van der Waals surface area (Å²) in [5.74, 6) is 0.454. The van der Waals surface area contributed by atoms with E-state index in [9.17, 15) is 14.9 Å². The zero-order chi connectivity index (χ0) is 29.4. The molecule has 3 aromatic rings. The van der Waals surface area contributed by atoms with Crippen molar-refractivity contribution in [2.45, 2.75) is 76.4 Å². The lowest BCUT2D eigenvalue weighted by Crippen LogP contribution is -2.45. The first-order valence-corrected chi connectivity index (χ1v) is 14.1. The van der Waals surface area contributed by atoms with E-state index in [1.54, 1.807) is 40.2 Å². The van der Waals surface area contributed by atoms with Crippen molar-refractivity contribution in [3.05, 3.63) is 48.2 Å². The lowest BCUT2D eigenvalue weighted by molar-refractivity contribution is -0.0794. The van der Waals surface area contributed by atoms with E-state index in [2.05, 4.69) is 21.4 Å². The lowest BCUT2D eigenvalue weighted by Gasteiger charge is -2.29. The van der Waals surface area contributed by atoms with Crippen LogP contribution in [-0.4, -0.2) is 91.4 Å². The van der Waals surface area contributed by atoms with Crippen LogP contribution in [0, 0.1) is 11.3 Å². The number of nitriles is 1. The molecule has 1 aliphatic carbocycles. The third-order valence-corrected chi connectivity index (χ3v) is 7.42. The van der Waals surface area contributed by atoms with Gasteiger partial charge in [0.2, 0.25) is 0 Å². The van der Waals surface area contributed by atoms with Crippen LogP contribution in [0.25, 0.3) is 11.3 Å². The first-order valence-electron chi connectivity index (χ1n) is 14.1. The van der Waals surface area contributed by atoms with E-state index < -0.39 is 11.7 Å². The molecule has 3 fully saturated rings. The first-order chi connectivity index (χ1) is 20.2. The average molecular weight is 576 g/mol. The first kappa shape index (κ1) is 27.7. The monoisotopic (exact) mass is 575 g/mol. The molecule has 2 aliphatic heterocycles. The highest BCUT2D eigenvalue weighted by atomic mass is 16.6. The molecule has 220 valence electrons. The number of aromatic nitrogens is 4. The number of hydrogen-bond donors (Lipinski definition) is 0. The fourth-order valence-electron chi connectivity index (χ4n) is 5.30. The Labute approximate surface area is 242 Å². The zero-order valence-corrected chi connectivity index (χ0v) is 23.8. The summed E-state index contributed by atoms with van der Waals surface area (Å²) in [5.41, 5.74) is 0.304. The molecule has 0 spiro atoms. The molecule has 2 unspecified atom stereocenters. The molecule has 4 heterocycles. The maximum atomic E-state index is 13.9. The summed E-state index contributed by atoms with van der Waals surface area (Å²) in [6, 6.07) is 6.69. The smallest absolute Gasteiger partial charge is 0.410 e. The third-order valence-electron chi connectivity index (χ3n) is 7.42. The number of rotatable bonds is 8. The van der Waals surface area contributed by atoms with Gasteiger partial charge >= 0.3 is 12.0 Å². The second kappa shape index (κ2) is 11.1. The standard InChI is InChI=1S/C29H33N7O6/c1-29(2,3)42-28(38)35-15-21(11-20(35)14-34-9-8-32-33-34)36(19-5-6-19)27(37)26-31-13-25(41-26)23-10-18(12-30)4-7-24(23)40-22-16-39-17-22/h4,7-10,13,19-22H,5-6,11,14-17H2,1-3H3. The lowest BCUT2D eigenvalue weighted by atomic mass is 10.1. The van der Waals surface area contributed by atoms with Crippen molar-refractivity contribution in [2.75, 3.05) is 19.8 Å². The second-order valence-electron chi connectivity index (χ2n) is 11.9. The largest absolute Gasteiger partial charge is 0.485 e. The molecule has 13 nitrogen and oxygen atoms in total. The number of ether oxygens (including phenoxy) is 3. The Hall–Kier alpha value is -4.44. The van der Waals surface area contributed by atoms with Crippen LogP contribution in [0.1, 0.15) is 56.3 Å². The van der Waals surface area contributed by atoms with E-state index in [1.807, 2.05) is 25.7 Å². The molecule has 2 saturated heterocycles. The molecule has 2 aromatic heterocycles. The van der Waals surface area contributed by atoms with E-state index in [4.69, 9.17) is 18.6 Å². The minimum atomic E-state index is -0.662. The number of carbonyl (C=O) groups excluding carboxylic acids is 2. The number of hydrogen-bond acceptors (Lipinski definition) is 10. The fraction of sp³-hybridized carbons (Fsp3) is 0.517. The van der Waals surface area contributed by atoms with E-state index in [0.29, 0.717) is 55.4 Å². The molecule has 13 heteroatoms. The van der Waals surface area contributed by atoms with E-state index >= 15 is 0 Å². The summed E-state index contributed by atoms with van der Waals surface area (Å²) in [6.07, 6.45) is 6.56. The number of nitrogens with zero attached hydrogens (tertiary/aromatic N) is 7. The van der Waals surface area contributed by atoms with Gasteiger partial charge in [0.15, 0.2) is 5.76 Å². The van der Waals surface area contributed by atoms with Gasteiger partial charge in [0, 0.05) is 18.8 Å². The highest BCUT2D eigenvalue weighted by molar-refractivity contribution is 5.91. The van der Waals surface area contributed by atoms with Gasteiger partial charge in [0.25, 0.3) is 5.89 Å². The number of amides is 2. The van der Waals surface area contributed by atoms with E-state index in [1.165, 1.54) is 6.20 Å². The number of oxazole rings is 1. The highest BCUT2D eigenvalue weighted by Crippen LogP contribution is 2.37. The molecular formula is C29H33N7O6. The Morgan fingerprint density at radius 1 is 1.21 bits per heavy atom. The van der Waals surface area contributed by atoms with E-state index in [-0.39, 0.29) is 36.0 Å². The van der Waals surface area contributed by atoms with Gasteiger partial charge in [0.1, 0.15) is 17.5 Å². The van der Waals surface area contributed by atoms with Gasteiger partial charge in [0.05, 0.1) is 61.4 Å². The van der Waals surface area contributed by atoms with Crippen LogP contribution >= 0.6 is 0 Å². The Balaban J connectivity index is 1.25. The van der Waals surface area contributed by atoms with Crippen molar-refractivity contribution in [1.29, 1.82) is 5.26 Å². The SMILES string of the molecule is CC(C)(C)OC(=O)N1CC(N(C(=O)c2ncc(-c3cc(C#N)ccc3OC3COC3)o2)C2CC2)CC1Cn1ccnn1. The average Bonchev–Trinajstić information content (AvgIpc) is 3.30. The molecule has 42 heavy (non-hydrogen) atoms. The van der Waals surface area contributed by atoms with Gasteiger partial charge in [-0.2, -0.15) is 5.26 Å². The van der Waals surface area contributed by atoms with Crippen molar-refractivity contribution in [3.63, 3.8) is 0 Å². The van der Waals surface area contributed by atoms with Crippen LogP contribution in [0.3, 0.4) is 0 Å². The summed E-state index contributed by atoms with van der Waals surface area (Å²) in [7, 11) is 0. The summed E-state index contributed by atoms with van der Waals surface area (Å²) in [5, 5.41) is 17.4. The quantitative estimate of drug-likeness (QED) is 0.392. The maximum Gasteiger partial charge on any atom is 0.410 e. The summed E-state index contributed by atoms with van der Waals surface area (Å²) >= 11 is 0. The Kier molecular flexibility index (Phi) is 7.32. The fourth-order valence-corrected chi connectivity index (χ4v) is 5.30. The molecule has 0 bridgehead atoms. The van der Waals surface area contributed by atoms with Gasteiger partial charge in [-0.1, -0.05) is 5.21 Å².